The number of carbonyl (C=O) groups is 1. The van der Waals surface area contributed by atoms with Gasteiger partial charge >= 0.3 is 0 Å². The molecule has 0 radical (unpaired) electrons. The van der Waals surface area contributed by atoms with Gasteiger partial charge in [-0.2, -0.15) is 0 Å². The summed E-state index contributed by atoms with van der Waals surface area (Å²) in [4.78, 5) is 17.0. The van der Waals surface area contributed by atoms with Crippen LogP contribution in [0.2, 0.25) is 5.02 Å². The molecule has 1 fully saturated rings. The molecule has 8 heteroatoms. The van der Waals surface area contributed by atoms with Crippen LogP contribution in [0.15, 0.2) is 53.7 Å². The highest BCUT2D eigenvalue weighted by molar-refractivity contribution is 7.99. The van der Waals surface area contributed by atoms with Crippen molar-refractivity contribution in [2.24, 2.45) is 0 Å². The molecule has 2 aromatic carbocycles. The molecule has 1 amide bonds. The molecule has 1 heterocycles. The predicted octanol–water partition coefficient (Wildman–Crippen LogP) is 4.54. The largest absolute Gasteiger partial charge is 0.495 e. The highest BCUT2D eigenvalue weighted by Crippen LogP contribution is 2.40. The van der Waals surface area contributed by atoms with Crippen LogP contribution in [-0.2, 0) is 4.79 Å². The summed E-state index contributed by atoms with van der Waals surface area (Å²) in [5.41, 5.74) is 1.53. The Balaban J connectivity index is 1.45. The Bertz CT molecular complexity index is 989. The predicted molar refractivity (Wildman–Crippen MR) is 111 cm³/mol. The Morgan fingerprint density at radius 2 is 2.07 bits per heavy atom. The van der Waals surface area contributed by atoms with Gasteiger partial charge < -0.3 is 10.1 Å². The fourth-order valence-electron chi connectivity index (χ4n) is 2.82. The van der Waals surface area contributed by atoms with E-state index in [1.807, 2.05) is 35.0 Å². The lowest BCUT2D eigenvalue weighted by atomic mass is 10.3. The molecule has 0 aliphatic heterocycles. The van der Waals surface area contributed by atoms with Crippen LogP contribution in [0.5, 0.6) is 5.75 Å². The zero-order valence-corrected chi connectivity index (χ0v) is 16.8. The second-order valence-corrected chi connectivity index (χ2v) is 7.83. The van der Waals surface area contributed by atoms with Crippen molar-refractivity contribution >= 4 is 35.0 Å². The number of aromatic nitrogens is 3. The van der Waals surface area contributed by atoms with Crippen LogP contribution < -0.4 is 10.1 Å². The first kappa shape index (κ1) is 18.8. The first-order valence-electron chi connectivity index (χ1n) is 8.92. The van der Waals surface area contributed by atoms with Crippen LogP contribution in [0.3, 0.4) is 0 Å². The highest BCUT2D eigenvalue weighted by atomic mass is 35.5. The van der Waals surface area contributed by atoms with E-state index in [0.29, 0.717) is 27.5 Å². The summed E-state index contributed by atoms with van der Waals surface area (Å²) < 4.78 is 7.14. The number of para-hydroxylation sites is 1. The van der Waals surface area contributed by atoms with Crippen LogP contribution in [0, 0.1) is 0 Å². The van der Waals surface area contributed by atoms with Crippen molar-refractivity contribution in [1.82, 2.24) is 14.8 Å². The second-order valence-electron chi connectivity index (χ2n) is 6.46. The van der Waals surface area contributed by atoms with Gasteiger partial charge in [-0.05, 0) is 43.2 Å². The zero-order valence-electron chi connectivity index (χ0n) is 15.3. The Hall–Kier alpha value is -2.51. The normalized spacial score (nSPS) is 13.4. The number of nitrogens with one attached hydrogen (secondary N) is 1. The van der Waals surface area contributed by atoms with Crippen molar-refractivity contribution < 1.29 is 9.53 Å². The van der Waals surface area contributed by atoms with E-state index in [2.05, 4.69) is 15.4 Å². The van der Waals surface area contributed by atoms with E-state index in [-0.39, 0.29) is 11.7 Å². The summed E-state index contributed by atoms with van der Waals surface area (Å²) in [5, 5.41) is 8.57. The average molecular weight is 415 g/mol. The Morgan fingerprint density at radius 1 is 1.29 bits per heavy atom. The van der Waals surface area contributed by atoms with Gasteiger partial charge in [0.1, 0.15) is 11.6 Å². The fourth-order valence-corrected chi connectivity index (χ4v) is 3.63. The van der Waals surface area contributed by atoms with E-state index >= 15 is 0 Å². The molecule has 3 aromatic rings. The lowest BCUT2D eigenvalue weighted by molar-refractivity contribution is -0.113. The van der Waals surface area contributed by atoms with Crippen molar-refractivity contribution in [3.05, 3.63) is 59.4 Å². The number of nitrogens with zero attached hydrogens (tertiary/aromatic N) is 3. The number of benzene rings is 2. The molecule has 1 N–H and O–H groups in total. The molecule has 1 aliphatic rings. The number of amides is 1. The number of hydrogen-bond acceptors (Lipinski definition) is 5. The molecule has 0 unspecified atom stereocenters. The quantitative estimate of drug-likeness (QED) is 0.575. The van der Waals surface area contributed by atoms with Gasteiger partial charge in [-0.3, -0.25) is 4.79 Å². The molecule has 1 aromatic heterocycles. The minimum atomic E-state index is -0.172. The van der Waals surface area contributed by atoms with Gasteiger partial charge in [-0.15, -0.1) is 5.10 Å². The van der Waals surface area contributed by atoms with Gasteiger partial charge in [0.05, 0.1) is 24.2 Å². The summed E-state index contributed by atoms with van der Waals surface area (Å²) in [6.07, 6.45) is 2.26. The van der Waals surface area contributed by atoms with Crippen LogP contribution >= 0.6 is 23.4 Å². The summed E-state index contributed by atoms with van der Waals surface area (Å²) in [7, 11) is 1.55. The maximum Gasteiger partial charge on any atom is 0.234 e. The highest BCUT2D eigenvalue weighted by Gasteiger charge is 2.30. The fraction of sp³-hybridized carbons (Fsp3) is 0.250. The molecule has 4 rings (SSSR count). The standard InChI is InChI=1S/C20H19ClN4O2S/c1-27-17-10-9-14(21)11-16(17)22-18(26)12-28-20-23-19(13-7-8-13)25(24-20)15-5-3-2-4-6-15/h2-6,9-11,13H,7-8,12H2,1H3,(H,22,26). The van der Waals surface area contributed by atoms with Crippen LogP contribution in [-0.4, -0.2) is 33.5 Å². The number of rotatable bonds is 7. The van der Waals surface area contributed by atoms with Crippen molar-refractivity contribution in [3.63, 3.8) is 0 Å². The third kappa shape index (κ3) is 4.31. The summed E-state index contributed by atoms with van der Waals surface area (Å²) in [5.74, 6) is 2.00. The van der Waals surface area contributed by atoms with Crippen LogP contribution in [0.1, 0.15) is 24.6 Å². The lowest BCUT2D eigenvalue weighted by Crippen LogP contribution is -2.14. The molecule has 0 saturated heterocycles. The number of hydrogen-bond donors (Lipinski definition) is 1. The Morgan fingerprint density at radius 3 is 2.79 bits per heavy atom. The number of halogens is 1. The molecule has 1 saturated carbocycles. The first-order valence-corrected chi connectivity index (χ1v) is 10.3. The summed E-state index contributed by atoms with van der Waals surface area (Å²) in [6, 6.07) is 15.0. The van der Waals surface area contributed by atoms with E-state index in [1.165, 1.54) is 11.8 Å². The van der Waals surface area contributed by atoms with Crippen molar-refractivity contribution in [1.29, 1.82) is 0 Å². The Kier molecular flexibility index (Phi) is 5.54. The summed E-state index contributed by atoms with van der Waals surface area (Å²) >= 11 is 7.32. The SMILES string of the molecule is COc1ccc(Cl)cc1NC(=O)CSc1nc(C2CC2)n(-c2ccccc2)n1. The van der Waals surface area contributed by atoms with E-state index in [4.69, 9.17) is 16.3 Å². The third-order valence-corrected chi connectivity index (χ3v) is 5.40. The summed E-state index contributed by atoms with van der Waals surface area (Å²) in [6.45, 7) is 0. The minimum absolute atomic E-state index is 0.172. The van der Waals surface area contributed by atoms with E-state index in [1.54, 1.807) is 25.3 Å². The topological polar surface area (TPSA) is 69.0 Å². The molecule has 0 spiro atoms. The smallest absolute Gasteiger partial charge is 0.234 e. The monoisotopic (exact) mass is 414 g/mol. The number of thioether (sulfide) groups is 1. The molecule has 1 aliphatic carbocycles. The number of carbonyl (C=O) groups excluding carboxylic acids is 1. The van der Waals surface area contributed by atoms with E-state index < -0.39 is 0 Å². The van der Waals surface area contributed by atoms with Crippen molar-refractivity contribution in [2.75, 3.05) is 18.2 Å². The van der Waals surface area contributed by atoms with E-state index in [0.717, 1.165) is 24.4 Å². The molecule has 28 heavy (non-hydrogen) atoms. The molecule has 0 atom stereocenters. The second kappa shape index (κ2) is 8.24. The van der Waals surface area contributed by atoms with Gasteiger partial charge in [-0.1, -0.05) is 41.6 Å². The Labute approximate surface area is 172 Å². The minimum Gasteiger partial charge on any atom is -0.495 e. The number of methoxy groups -OCH3 is 1. The van der Waals surface area contributed by atoms with Gasteiger partial charge in [0, 0.05) is 10.9 Å². The molecule has 144 valence electrons. The van der Waals surface area contributed by atoms with E-state index in [9.17, 15) is 4.79 Å². The number of ether oxygens (including phenoxy) is 1. The zero-order chi connectivity index (χ0) is 19.5. The van der Waals surface area contributed by atoms with Gasteiger partial charge in [0.2, 0.25) is 11.1 Å². The maximum absolute atomic E-state index is 12.4. The molecule has 0 bridgehead atoms. The maximum atomic E-state index is 12.4. The first-order chi connectivity index (χ1) is 13.6. The van der Waals surface area contributed by atoms with Gasteiger partial charge in [0.25, 0.3) is 0 Å². The van der Waals surface area contributed by atoms with Crippen molar-refractivity contribution in [3.8, 4) is 11.4 Å². The lowest BCUT2D eigenvalue weighted by Gasteiger charge is -2.09. The molecular formula is C20H19ClN4O2S. The average Bonchev–Trinajstić information content (AvgIpc) is 3.46. The van der Waals surface area contributed by atoms with Gasteiger partial charge in [0.15, 0.2) is 0 Å². The molecular weight excluding hydrogens is 396 g/mol. The molecule has 6 nitrogen and oxygen atoms in total. The number of anilines is 1. The van der Waals surface area contributed by atoms with Crippen LogP contribution in [0.4, 0.5) is 5.69 Å². The van der Waals surface area contributed by atoms with Crippen molar-refractivity contribution in [2.45, 2.75) is 23.9 Å². The van der Waals surface area contributed by atoms with Gasteiger partial charge in [-0.25, -0.2) is 9.67 Å². The van der Waals surface area contributed by atoms with Crippen LogP contribution in [0.25, 0.3) is 5.69 Å². The third-order valence-electron chi connectivity index (χ3n) is 4.32.